The van der Waals surface area contributed by atoms with Crippen molar-refractivity contribution >= 4 is 23.2 Å². The number of Topliss-reactive ketones (excluding diaryl/α,β-unsaturated/α-hetero) is 1. The Morgan fingerprint density at radius 3 is 2.51 bits per heavy atom. The molecule has 39 heavy (non-hydrogen) atoms. The third-order valence-electron chi connectivity index (χ3n) is 7.28. The van der Waals surface area contributed by atoms with Crippen LogP contribution in [-0.2, 0) is 16.2 Å². The Labute approximate surface area is 229 Å². The lowest BCUT2D eigenvalue weighted by molar-refractivity contribution is -0.119. The number of ether oxygens (including phenoxy) is 2. The summed E-state index contributed by atoms with van der Waals surface area (Å²) in [6, 6.07) is 20.9. The first-order chi connectivity index (χ1) is 18.8. The summed E-state index contributed by atoms with van der Waals surface area (Å²) in [7, 11) is 1.59. The summed E-state index contributed by atoms with van der Waals surface area (Å²) in [5.41, 5.74) is 3.69. The number of hydrogen-bond donors (Lipinski definition) is 1. The third-order valence-corrected chi connectivity index (χ3v) is 7.28. The molecule has 0 saturated heterocycles. The van der Waals surface area contributed by atoms with Gasteiger partial charge >= 0.3 is 0 Å². The highest BCUT2D eigenvalue weighted by molar-refractivity contribution is 6.13. The molecule has 1 unspecified atom stereocenters. The van der Waals surface area contributed by atoms with Gasteiger partial charge in [0.1, 0.15) is 12.4 Å². The zero-order valence-corrected chi connectivity index (χ0v) is 22.7. The van der Waals surface area contributed by atoms with Gasteiger partial charge in [0, 0.05) is 35.5 Å². The van der Waals surface area contributed by atoms with Crippen LogP contribution in [0.15, 0.2) is 89.2 Å². The number of amides is 1. The Morgan fingerprint density at radius 1 is 1.03 bits per heavy atom. The van der Waals surface area contributed by atoms with Crippen molar-refractivity contribution in [1.82, 2.24) is 4.98 Å². The average Bonchev–Trinajstić information content (AvgIpc) is 2.91. The SMILES string of the molecule is COc1cc([C@H]2C3=C(CC(C)(C)CC3=O)N=C(C)C2C(=O)Nc2ccccn2)ccc1OCc1ccccc1. The van der Waals surface area contributed by atoms with Gasteiger partial charge in [0.05, 0.1) is 13.0 Å². The number of nitrogens with one attached hydrogen (secondary N) is 1. The second kappa shape index (κ2) is 10.8. The van der Waals surface area contributed by atoms with Crippen LogP contribution in [0.1, 0.15) is 50.7 Å². The molecule has 0 spiro atoms. The van der Waals surface area contributed by atoms with Gasteiger partial charge in [-0.05, 0) is 54.2 Å². The molecule has 2 aromatic carbocycles. The molecular formula is C32H33N3O4. The molecule has 5 rings (SSSR count). The molecule has 1 amide bonds. The monoisotopic (exact) mass is 523 g/mol. The van der Waals surface area contributed by atoms with E-state index in [2.05, 4.69) is 24.1 Å². The number of carbonyl (C=O) groups is 2. The number of ketones is 1. The van der Waals surface area contributed by atoms with Crippen molar-refractivity contribution < 1.29 is 19.1 Å². The number of benzene rings is 2. The summed E-state index contributed by atoms with van der Waals surface area (Å²) in [6.07, 6.45) is 2.70. The lowest BCUT2D eigenvalue weighted by Gasteiger charge is -2.39. The van der Waals surface area contributed by atoms with Crippen LogP contribution in [0.3, 0.4) is 0 Å². The lowest BCUT2D eigenvalue weighted by Crippen LogP contribution is -2.41. The summed E-state index contributed by atoms with van der Waals surface area (Å²) in [5.74, 6) is 0.157. The number of methoxy groups -OCH3 is 1. The number of allylic oxidation sites excluding steroid dienone is 2. The fourth-order valence-electron chi connectivity index (χ4n) is 5.52. The maximum atomic E-state index is 13.7. The minimum absolute atomic E-state index is 0.0292. The number of pyridine rings is 1. The standard InChI is InChI=1S/C32H33N3O4/c1-20-28(31(37)35-27-12-8-9-15-33-27)29(30-23(34-20)17-32(2,3)18-24(30)36)22-13-14-25(26(16-22)38-4)39-19-21-10-6-5-7-11-21/h5-16,28-29H,17-19H2,1-4H3,(H,33,35,37)/t28?,29-/m1/s1. The predicted molar refractivity (Wildman–Crippen MR) is 151 cm³/mol. The van der Waals surface area contributed by atoms with Gasteiger partial charge in [-0.3, -0.25) is 14.6 Å². The topological polar surface area (TPSA) is 89.9 Å². The summed E-state index contributed by atoms with van der Waals surface area (Å²) < 4.78 is 11.8. The molecule has 1 N–H and O–H groups in total. The van der Waals surface area contributed by atoms with Crippen LogP contribution in [0.25, 0.3) is 0 Å². The molecule has 0 radical (unpaired) electrons. The smallest absolute Gasteiger partial charge is 0.235 e. The number of aromatic nitrogens is 1. The molecule has 2 aliphatic rings. The Kier molecular flexibility index (Phi) is 7.33. The molecule has 2 heterocycles. The molecule has 200 valence electrons. The number of aliphatic imine (C=N–C) groups is 1. The van der Waals surface area contributed by atoms with Crippen LogP contribution in [-0.4, -0.2) is 29.5 Å². The van der Waals surface area contributed by atoms with Crippen molar-refractivity contribution in [2.45, 2.75) is 46.1 Å². The Hall–Kier alpha value is -4.26. The molecular weight excluding hydrogens is 490 g/mol. The first-order valence-corrected chi connectivity index (χ1v) is 13.1. The van der Waals surface area contributed by atoms with Crippen LogP contribution >= 0.6 is 0 Å². The second-order valence-corrected chi connectivity index (χ2v) is 10.9. The molecule has 1 aromatic heterocycles. The third kappa shape index (κ3) is 5.62. The van der Waals surface area contributed by atoms with Crippen LogP contribution in [0.5, 0.6) is 11.5 Å². The van der Waals surface area contributed by atoms with Crippen LogP contribution in [0, 0.1) is 11.3 Å². The minimum Gasteiger partial charge on any atom is -0.493 e. The molecule has 1 aliphatic heterocycles. The first kappa shape index (κ1) is 26.4. The highest BCUT2D eigenvalue weighted by atomic mass is 16.5. The fraction of sp³-hybridized carbons (Fsp3) is 0.312. The van der Waals surface area contributed by atoms with E-state index in [9.17, 15) is 9.59 Å². The predicted octanol–water partition coefficient (Wildman–Crippen LogP) is 6.13. The minimum atomic E-state index is -0.684. The second-order valence-electron chi connectivity index (χ2n) is 10.9. The zero-order chi connectivity index (χ0) is 27.6. The van der Waals surface area contributed by atoms with Crippen molar-refractivity contribution in [3.05, 3.63) is 95.3 Å². The Bertz CT molecular complexity index is 1440. The highest BCUT2D eigenvalue weighted by Crippen LogP contribution is 2.48. The molecule has 2 atom stereocenters. The molecule has 0 fully saturated rings. The quantitative estimate of drug-likeness (QED) is 0.403. The van der Waals surface area contributed by atoms with Gasteiger partial charge in [-0.25, -0.2) is 4.98 Å². The number of hydrogen-bond acceptors (Lipinski definition) is 6. The fourth-order valence-corrected chi connectivity index (χ4v) is 5.52. The van der Waals surface area contributed by atoms with Crippen LogP contribution in [0.4, 0.5) is 5.82 Å². The van der Waals surface area contributed by atoms with Crippen molar-refractivity contribution in [2.24, 2.45) is 16.3 Å². The first-order valence-electron chi connectivity index (χ1n) is 13.1. The lowest BCUT2D eigenvalue weighted by atomic mass is 9.66. The van der Waals surface area contributed by atoms with Gasteiger partial charge in [0.2, 0.25) is 5.91 Å². The van der Waals surface area contributed by atoms with Gasteiger partial charge in [-0.1, -0.05) is 56.3 Å². The van der Waals surface area contributed by atoms with E-state index in [1.54, 1.807) is 25.4 Å². The van der Waals surface area contributed by atoms with Gasteiger partial charge in [-0.15, -0.1) is 0 Å². The Morgan fingerprint density at radius 2 is 1.79 bits per heavy atom. The number of carbonyl (C=O) groups excluding carboxylic acids is 2. The van der Waals surface area contributed by atoms with Gasteiger partial charge in [0.25, 0.3) is 0 Å². The van der Waals surface area contributed by atoms with E-state index >= 15 is 0 Å². The van der Waals surface area contributed by atoms with E-state index in [4.69, 9.17) is 14.5 Å². The summed E-state index contributed by atoms with van der Waals surface area (Å²) >= 11 is 0. The van der Waals surface area contributed by atoms with Crippen LogP contribution < -0.4 is 14.8 Å². The van der Waals surface area contributed by atoms with Gasteiger partial charge in [-0.2, -0.15) is 0 Å². The summed E-state index contributed by atoms with van der Waals surface area (Å²) in [5, 5.41) is 2.93. The van der Waals surface area contributed by atoms with E-state index < -0.39 is 11.8 Å². The molecule has 0 bridgehead atoms. The van der Waals surface area contributed by atoms with E-state index in [0.29, 0.717) is 48.1 Å². The van der Waals surface area contributed by atoms with Crippen molar-refractivity contribution in [1.29, 1.82) is 0 Å². The molecule has 0 saturated carbocycles. The van der Waals surface area contributed by atoms with Crippen molar-refractivity contribution in [3.63, 3.8) is 0 Å². The molecule has 1 aliphatic carbocycles. The van der Waals surface area contributed by atoms with E-state index in [1.165, 1.54) is 0 Å². The normalized spacial score (nSPS) is 20.1. The molecule has 3 aromatic rings. The van der Waals surface area contributed by atoms with Gasteiger partial charge < -0.3 is 14.8 Å². The zero-order valence-electron chi connectivity index (χ0n) is 22.7. The average molecular weight is 524 g/mol. The largest absolute Gasteiger partial charge is 0.493 e. The molecule has 7 nitrogen and oxygen atoms in total. The van der Waals surface area contributed by atoms with Crippen molar-refractivity contribution in [3.8, 4) is 11.5 Å². The number of nitrogens with zero attached hydrogens (tertiary/aromatic N) is 2. The summed E-state index contributed by atoms with van der Waals surface area (Å²) in [6.45, 7) is 6.41. The maximum absolute atomic E-state index is 13.7. The maximum Gasteiger partial charge on any atom is 0.235 e. The summed E-state index contributed by atoms with van der Waals surface area (Å²) in [4.78, 5) is 36.4. The highest BCUT2D eigenvalue weighted by Gasteiger charge is 2.45. The molecule has 7 heteroatoms. The van der Waals surface area contributed by atoms with Gasteiger partial charge in [0.15, 0.2) is 17.3 Å². The number of rotatable bonds is 7. The van der Waals surface area contributed by atoms with E-state index in [-0.39, 0.29) is 17.1 Å². The van der Waals surface area contributed by atoms with Crippen molar-refractivity contribution in [2.75, 3.05) is 12.4 Å². The number of anilines is 1. The van der Waals surface area contributed by atoms with E-state index in [1.807, 2.05) is 61.5 Å². The van der Waals surface area contributed by atoms with Crippen LogP contribution in [0.2, 0.25) is 0 Å². The Balaban J connectivity index is 1.54. The van der Waals surface area contributed by atoms with E-state index in [0.717, 1.165) is 16.8 Å².